The van der Waals surface area contributed by atoms with Crippen molar-refractivity contribution in [1.29, 1.82) is 0 Å². The van der Waals surface area contributed by atoms with Crippen LogP contribution in [0, 0.1) is 0 Å². The van der Waals surface area contributed by atoms with Crippen LogP contribution in [0.15, 0.2) is 6.07 Å². The highest BCUT2D eigenvalue weighted by molar-refractivity contribution is 5.51. The molecule has 1 aromatic heterocycles. The summed E-state index contributed by atoms with van der Waals surface area (Å²) < 4.78 is 4.98. The molecule has 0 aliphatic carbocycles. The van der Waals surface area contributed by atoms with Gasteiger partial charge in [-0.15, -0.1) is 0 Å². The first-order valence-electron chi connectivity index (χ1n) is 5.94. The number of anilines is 3. The number of aromatic nitrogens is 2. The second-order valence-corrected chi connectivity index (χ2v) is 3.90. The van der Waals surface area contributed by atoms with E-state index in [1.807, 2.05) is 0 Å². The minimum absolute atomic E-state index is 0.0462. The number of aliphatic hydroxyl groups excluding tert-OH is 1. The quantitative estimate of drug-likeness (QED) is 0.529. The normalized spacial score (nSPS) is 12.2. The third-order valence-corrected chi connectivity index (χ3v) is 2.24. The van der Waals surface area contributed by atoms with Crippen LogP contribution in [-0.4, -0.2) is 48.0 Å². The number of methoxy groups -OCH3 is 1. The number of ether oxygens (including phenoxy) is 1. The lowest BCUT2D eigenvalue weighted by Gasteiger charge is -2.16. The number of nitrogens with zero attached hydrogens (tertiary/aromatic N) is 2. The van der Waals surface area contributed by atoms with E-state index in [0.29, 0.717) is 18.2 Å². The molecule has 1 unspecified atom stereocenters. The first-order chi connectivity index (χ1) is 8.69. The molecule has 0 saturated carbocycles. The molecule has 1 atom stereocenters. The highest BCUT2D eigenvalue weighted by Crippen LogP contribution is 2.13. The number of aliphatic hydroxyl groups is 1. The van der Waals surface area contributed by atoms with E-state index >= 15 is 0 Å². The Morgan fingerprint density at radius 1 is 1.44 bits per heavy atom. The SMILES string of the molecule is CCCNc1cc(NC(CO)COC)nc(N)n1. The maximum Gasteiger partial charge on any atom is 0.223 e. The monoisotopic (exact) mass is 255 g/mol. The fourth-order valence-electron chi connectivity index (χ4n) is 1.43. The Balaban J connectivity index is 2.71. The van der Waals surface area contributed by atoms with Gasteiger partial charge >= 0.3 is 0 Å². The van der Waals surface area contributed by atoms with Crippen molar-refractivity contribution < 1.29 is 9.84 Å². The Hall–Kier alpha value is -1.60. The van der Waals surface area contributed by atoms with Crippen LogP contribution in [0.5, 0.6) is 0 Å². The van der Waals surface area contributed by atoms with Crippen molar-refractivity contribution in [3.05, 3.63) is 6.07 Å². The molecule has 0 saturated heterocycles. The molecule has 0 aliphatic rings. The lowest BCUT2D eigenvalue weighted by molar-refractivity contribution is 0.153. The summed E-state index contributed by atoms with van der Waals surface area (Å²) in [7, 11) is 1.58. The van der Waals surface area contributed by atoms with Gasteiger partial charge in [0.25, 0.3) is 0 Å². The lowest BCUT2D eigenvalue weighted by Crippen LogP contribution is -2.29. The standard InChI is InChI=1S/C11H21N5O2/c1-3-4-13-9-5-10(16-11(12)15-9)14-8(6-17)7-18-2/h5,8,17H,3-4,6-7H2,1-2H3,(H4,12,13,14,15,16). The first kappa shape index (κ1) is 14.5. The summed E-state index contributed by atoms with van der Waals surface area (Å²) in [5, 5.41) is 15.3. The largest absolute Gasteiger partial charge is 0.394 e. The maximum absolute atomic E-state index is 9.17. The van der Waals surface area contributed by atoms with Gasteiger partial charge in [0.15, 0.2) is 0 Å². The molecule has 7 heteroatoms. The fourth-order valence-corrected chi connectivity index (χ4v) is 1.43. The number of nitrogens with two attached hydrogens (primary N) is 1. The molecule has 1 rings (SSSR count). The minimum atomic E-state index is -0.219. The number of hydrogen-bond acceptors (Lipinski definition) is 7. The Labute approximate surface area is 107 Å². The molecule has 0 aromatic carbocycles. The fraction of sp³-hybridized carbons (Fsp3) is 0.636. The topological polar surface area (TPSA) is 105 Å². The van der Waals surface area contributed by atoms with Crippen LogP contribution < -0.4 is 16.4 Å². The van der Waals surface area contributed by atoms with E-state index in [9.17, 15) is 0 Å². The van der Waals surface area contributed by atoms with Crippen LogP contribution in [-0.2, 0) is 4.74 Å². The average Bonchev–Trinajstić information content (AvgIpc) is 2.35. The Kier molecular flexibility index (Phi) is 6.16. The van der Waals surface area contributed by atoms with Gasteiger partial charge in [0.05, 0.1) is 19.3 Å². The van der Waals surface area contributed by atoms with Crippen molar-refractivity contribution >= 4 is 17.6 Å². The van der Waals surface area contributed by atoms with Gasteiger partial charge in [-0.25, -0.2) is 0 Å². The van der Waals surface area contributed by atoms with E-state index in [2.05, 4.69) is 27.5 Å². The Bertz CT molecular complexity index is 361. The predicted molar refractivity (Wildman–Crippen MR) is 71.6 cm³/mol. The number of nitrogens with one attached hydrogen (secondary N) is 2. The van der Waals surface area contributed by atoms with E-state index in [4.69, 9.17) is 15.6 Å². The number of hydrogen-bond donors (Lipinski definition) is 4. The highest BCUT2D eigenvalue weighted by atomic mass is 16.5. The molecule has 18 heavy (non-hydrogen) atoms. The average molecular weight is 255 g/mol. The van der Waals surface area contributed by atoms with Gasteiger partial charge in [-0.05, 0) is 6.42 Å². The summed E-state index contributed by atoms with van der Waals surface area (Å²) in [6.07, 6.45) is 0.996. The van der Waals surface area contributed by atoms with E-state index in [-0.39, 0.29) is 18.6 Å². The molecular weight excluding hydrogens is 234 g/mol. The summed E-state index contributed by atoms with van der Waals surface area (Å²) in [5.74, 6) is 1.42. The van der Waals surface area contributed by atoms with Crippen molar-refractivity contribution in [2.24, 2.45) is 0 Å². The third kappa shape index (κ3) is 4.72. The first-order valence-corrected chi connectivity index (χ1v) is 5.94. The Morgan fingerprint density at radius 2 is 2.17 bits per heavy atom. The zero-order chi connectivity index (χ0) is 13.4. The molecule has 0 aliphatic heterocycles. The zero-order valence-corrected chi connectivity index (χ0v) is 10.8. The summed E-state index contributed by atoms with van der Waals surface area (Å²) in [5.41, 5.74) is 5.63. The van der Waals surface area contributed by atoms with E-state index in [1.165, 1.54) is 0 Å². The minimum Gasteiger partial charge on any atom is -0.394 e. The molecule has 7 nitrogen and oxygen atoms in total. The third-order valence-electron chi connectivity index (χ3n) is 2.24. The molecule has 0 spiro atoms. The smallest absolute Gasteiger partial charge is 0.223 e. The van der Waals surface area contributed by atoms with E-state index < -0.39 is 0 Å². The molecule has 1 heterocycles. The van der Waals surface area contributed by atoms with Crippen molar-refractivity contribution in [2.75, 3.05) is 43.2 Å². The van der Waals surface area contributed by atoms with Crippen LogP contribution in [0.3, 0.4) is 0 Å². The highest BCUT2D eigenvalue weighted by Gasteiger charge is 2.09. The Morgan fingerprint density at radius 3 is 2.78 bits per heavy atom. The van der Waals surface area contributed by atoms with Crippen LogP contribution in [0.4, 0.5) is 17.6 Å². The van der Waals surface area contributed by atoms with Crippen LogP contribution in [0.25, 0.3) is 0 Å². The van der Waals surface area contributed by atoms with Crippen LogP contribution in [0.2, 0.25) is 0 Å². The molecule has 1 aromatic rings. The van der Waals surface area contributed by atoms with Crippen molar-refractivity contribution in [2.45, 2.75) is 19.4 Å². The van der Waals surface area contributed by atoms with Gasteiger partial charge in [-0.2, -0.15) is 9.97 Å². The van der Waals surface area contributed by atoms with Crippen molar-refractivity contribution in [3.8, 4) is 0 Å². The molecule has 0 radical (unpaired) electrons. The molecule has 102 valence electrons. The van der Waals surface area contributed by atoms with Gasteiger partial charge in [0, 0.05) is 19.7 Å². The van der Waals surface area contributed by atoms with Gasteiger partial charge in [-0.3, -0.25) is 0 Å². The molecule has 0 fully saturated rings. The molecule has 0 amide bonds. The van der Waals surface area contributed by atoms with Crippen molar-refractivity contribution in [3.63, 3.8) is 0 Å². The van der Waals surface area contributed by atoms with Gasteiger partial charge in [-0.1, -0.05) is 6.92 Å². The lowest BCUT2D eigenvalue weighted by atomic mass is 10.3. The summed E-state index contributed by atoms with van der Waals surface area (Å²) >= 11 is 0. The van der Waals surface area contributed by atoms with E-state index in [1.54, 1.807) is 13.2 Å². The van der Waals surface area contributed by atoms with Crippen molar-refractivity contribution in [1.82, 2.24) is 9.97 Å². The van der Waals surface area contributed by atoms with Gasteiger partial charge < -0.3 is 26.2 Å². The second-order valence-electron chi connectivity index (χ2n) is 3.90. The second kappa shape index (κ2) is 7.67. The predicted octanol–water partition coefficient (Wildman–Crippen LogP) is 0.300. The maximum atomic E-state index is 9.17. The summed E-state index contributed by atoms with van der Waals surface area (Å²) in [4.78, 5) is 8.13. The van der Waals surface area contributed by atoms with Gasteiger partial charge in [0.2, 0.25) is 5.95 Å². The summed E-state index contributed by atoms with van der Waals surface area (Å²) in [6, 6.07) is 1.54. The molecule has 5 N–H and O–H groups in total. The zero-order valence-electron chi connectivity index (χ0n) is 10.8. The molecular formula is C11H21N5O2. The van der Waals surface area contributed by atoms with Crippen LogP contribution in [0.1, 0.15) is 13.3 Å². The molecule has 0 bridgehead atoms. The van der Waals surface area contributed by atoms with Crippen LogP contribution >= 0.6 is 0 Å². The van der Waals surface area contributed by atoms with E-state index in [0.717, 1.165) is 13.0 Å². The number of rotatable bonds is 8. The number of nitrogen functional groups attached to an aromatic ring is 1. The van der Waals surface area contributed by atoms with Gasteiger partial charge in [0.1, 0.15) is 11.6 Å². The summed E-state index contributed by atoms with van der Waals surface area (Å²) in [6.45, 7) is 3.22.